The van der Waals surface area contributed by atoms with Crippen molar-refractivity contribution in [2.24, 2.45) is 0 Å². The van der Waals surface area contributed by atoms with Crippen LogP contribution in [0.2, 0.25) is 10.0 Å². The minimum absolute atomic E-state index is 0.0309. The van der Waals surface area contributed by atoms with E-state index in [1.165, 1.54) is 47.4 Å². The molecule has 0 aliphatic rings. The predicted molar refractivity (Wildman–Crippen MR) is 133 cm³/mol. The van der Waals surface area contributed by atoms with Crippen LogP contribution in [0.15, 0.2) is 42.5 Å². The van der Waals surface area contributed by atoms with Crippen LogP contribution in [0.25, 0.3) is 0 Å². The van der Waals surface area contributed by atoms with Gasteiger partial charge in [-0.05, 0) is 63.6 Å². The molecule has 0 saturated heterocycles. The van der Waals surface area contributed by atoms with E-state index in [4.69, 9.17) is 23.2 Å². The van der Waals surface area contributed by atoms with Gasteiger partial charge in [-0.2, -0.15) is 0 Å². The van der Waals surface area contributed by atoms with Gasteiger partial charge in [0.2, 0.25) is 21.8 Å². The average molecular weight is 532 g/mol. The second kappa shape index (κ2) is 10.9. The Morgan fingerprint density at radius 3 is 2.15 bits per heavy atom. The lowest BCUT2D eigenvalue weighted by atomic mass is 10.1. The third-order valence-corrected chi connectivity index (χ3v) is 6.68. The number of hydrogen-bond donors (Lipinski definition) is 1. The van der Waals surface area contributed by atoms with E-state index in [0.717, 1.165) is 10.6 Å². The van der Waals surface area contributed by atoms with Gasteiger partial charge in [-0.3, -0.25) is 13.9 Å². The van der Waals surface area contributed by atoms with Crippen LogP contribution in [0.5, 0.6) is 0 Å². The highest BCUT2D eigenvalue weighted by Gasteiger charge is 2.31. The van der Waals surface area contributed by atoms with E-state index < -0.39 is 45.8 Å². The largest absolute Gasteiger partial charge is 0.350 e. The number of nitrogens with one attached hydrogen (secondary N) is 1. The van der Waals surface area contributed by atoms with Crippen LogP contribution < -0.4 is 9.62 Å². The second-order valence-electron chi connectivity index (χ2n) is 8.93. The molecule has 1 N–H and O–H groups in total. The van der Waals surface area contributed by atoms with Crippen LogP contribution in [0.1, 0.15) is 33.3 Å². The van der Waals surface area contributed by atoms with E-state index in [1.54, 1.807) is 27.7 Å². The van der Waals surface area contributed by atoms with E-state index in [9.17, 15) is 22.4 Å². The SMILES string of the molecule is C[C@@H](C(=O)NC(C)(C)C)N(Cc1ccc(F)cc1)C(=O)CN(c1ccc(Cl)c(Cl)c1)S(C)(=O)=O. The summed E-state index contributed by atoms with van der Waals surface area (Å²) in [6.07, 6.45) is 0.961. The summed E-state index contributed by atoms with van der Waals surface area (Å²) in [6, 6.07) is 8.76. The number of rotatable bonds is 8. The molecule has 2 aromatic rings. The molecule has 2 amide bonds. The van der Waals surface area contributed by atoms with Crippen molar-refractivity contribution in [3.63, 3.8) is 0 Å². The zero-order chi connectivity index (χ0) is 25.8. The van der Waals surface area contributed by atoms with Gasteiger partial charge in [-0.1, -0.05) is 35.3 Å². The van der Waals surface area contributed by atoms with E-state index in [-0.39, 0.29) is 22.3 Å². The summed E-state index contributed by atoms with van der Waals surface area (Å²) in [5, 5.41) is 3.18. The van der Waals surface area contributed by atoms with Crippen molar-refractivity contribution in [3.8, 4) is 0 Å². The van der Waals surface area contributed by atoms with E-state index in [2.05, 4.69) is 5.32 Å². The fourth-order valence-corrected chi connectivity index (χ4v) is 4.23. The highest BCUT2D eigenvalue weighted by molar-refractivity contribution is 7.92. The molecule has 0 bridgehead atoms. The van der Waals surface area contributed by atoms with Crippen molar-refractivity contribution in [3.05, 3.63) is 63.9 Å². The Balaban J connectivity index is 2.41. The first-order valence-electron chi connectivity index (χ1n) is 10.4. The second-order valence-corrected chi connectivity index (χ2v) is 11.7. The number of carbonyl (C=O) groups excluding carboxylic acids is 2. The Hall–Kier alpha value is -2.36. The van der Waals surface area contributed by atoms with Crippen LogP contribution in [-0.4, -0.2) is 49.5 Å². The molecule has 0 spiro atoms. The van der Waals surface area contributed by atoms with Crippen molar-refractivity contribution in [2.45, 2.75) is 45.8 Å². The summed E-state index contributed by atoms with van der Waals surface area (Å²) in [4.78, 5) is 27.5. The summed E-state index contributed by atoms with van der Waals surface area (Å²) in [5.41, 5.74) is 0.179. The van der Waals surface area contributed by atoms with E-state index >= 15 is 0 Å². The first-order chi connectivity index (χ1) is 15.6. The van der Waals surface area contributed by atoms with Gasteiger partial charge in [0.25, 0.3) is 0 Å². The summed E-state index contributed by atoms with van der Waals surface area (Å²) < 4.78 is 39.3. The monoisotopic (exact) mass is 531 g/mol. The zero-order valence-electron chi connectivity index (χ0n) is 19.6. The summed E-state index contributed by atoms with van der Waals surface area (Å²) in [5.74, 6) is -1.48. The molecular weight excluding hydrogens is 504 g/mol. The van der Waals surface area contributed by atoms with Gasteiger partial charge in [0, 0.05) is 12.1 Å². The molecule has 0 aliphatic heterocycles. The van der Waals surface area contributed by atoms with Gasteiger partial charge in [0.1, 0.15) is 18.4 Å². The Labute approximate surface area is 209 Å². The predicted octanol–water partition coefficient (Wildman–Crippen LogP) is 4.23. The quantitative estimate of drug-likeness (QED) is 0.552. The maximum Gasteiger partial charge on any atom is 0.244 e. The summed E-state index contributed by atoms with van der Waals surface area (Å²) >= 11 is 12.0. The standard InChI is InChI=1S/C23H28Cl2FN3O4S/c1-15(22(31)27-23(2,3)4)28(13-16-6-8-17(26)9-7-16)21(30)14-29(34(5,32)33)18-10-11-19(24)20(25)12-18/h6-12,15H,13-14H2,1-5H3,(H,27,31)/t15-/m0/s1. The highest BCUT2D eigenvalue weighted by atomic mass is 35.5. The number of hydrogen-bond acceptors (Lipinski definition) is 4. The number of nitrogens with zero attached hydrogens (tertiary/aromatic N) is 2. The van der Waals surface area contributed by atoms with Gasteiger partial charge in [0.05, 0.1) is 22.0 Å². The zero-order valence-corrected chi connectivity index (χ0v) is 21.9. The first kappa shape index (κ1) is 27.9. The molecule has 34 heavy (non-hydrogen) atoms. The molecule has 1 atom stereocenters. The molecule has 2 aromatic carbocycles. The normalized spacial score (nSPS) is 12.7. The molecule has 0 saturated carbocycles. The number of sulfonamides is 1. The fourth-order valence-electron chi connectivity index (χ4n) is 3.10. The maximum atomic E-state index is 13.4. The molecule has 0 fully saturated rings. The van der Waals surface area contributed by atoms with Gasteiger partial charge in [0.15, 0.2) is 0 Å². The average Bonchev–Trinajstić information content (AvgIpc) is 2.71. The number of halogens is 3. The van der Waals surface area contributed by atoms with Gasteiger partial charge < -0.3 is 10.2 Å². The molecule has 0 radical (unpaired) electrons. The van der Waals surface area contributed by atoms with Crippen LogP contribution >= 0.6 is 23.2 Å². The number of carbonyl (C=O) groups is 2. The summed E-state index contributed by atoms with van der Waals surface area (Å²) in [7, 11) is -3.90. The molecule has 0 aliphatic carbocycles. The van der Waals surface area contributed by atoms with Crippen LogP contribution in [0.3, 0.4) is 0 Å². The Kier molecular flexibility index (Phi) is 8.96. The van der Waals surface area contributed by atoms with Gasteiger partial charge in [-0.25, -0.2) is 12.8 Å². The van der Waals surface area contributed by atoms with E-state index in [1.807, 2.05) is 0 Å². The van der Waals surface area contributed by atoms with Gasteiger partial charge >= 0.3 is 0 Å². The van der Waals surface area contributed by atoms with Gasteiger partial charge in [-0.15, -0.1) is 0 Å². The number of amides is 2. The first-order valence-corrected chi connectivity index (χ1v) is 13.0. The maximum absolute atomic E-state index is 13.4. The smallest absolute Gasteiger partial charge is 0.244 e. The molecule has 0 aromatic heterocycles. The Morgan fingerprint density at radius 2 is 1.65 bits per heavy atom. The van der Waals surface area contributed by atoms with Crippen molar-refractivity contribution in [1.82, 2.24) is 10.2 Å². The topological polar surface area (TPSA) is 86.8 Å². The lowest BCUT2D eigenvalue weighted by Gasteiger charge is -2.33. The van der Waals surface area contributed by atoms with Crippen LogP contribution in [0.4, 0.5) is 10.1 Å². The highest BCUT2D eigenvalue weighted by Crippen LogP contribution is 2.28. The summed E-state index contributed by atoms with van der Waals surface area (Å²) in [6.45, 7) is 6.35. The van der Waals surface area contributed by atoms with Crippen LogP contribution in [-0.2, 0) is 26.2 Å². The minimum Gasteiger partial charge on any atom is -0.350 e. The van der Waals surface area contributed by atoms with Crippen molar-refractivity contribution in [1.29, 1.82) is 0 Å². The third kappa shape index (κ3) is 7.85. The number of benzene rings is 2. The Morgan fingerprint density at radius 1 is 1.06 bits per heavy atom. The molecular formula is C23H28Cl2FN3O4S. The van der Waals surface area contributed by atoms with Crippen molar-refractivity contribution < 1.29 is 22.4 Å². The lowest BCUT2D eigenvalue weighted by molar-refractivity contribution is -0.140. The molecule has 11 heteroatoms. The van der Waals surface area contributed by atoms with E-state index in [0.29, 0.717) is 5.56 Å². The van der Waals surface area contributed by atoms with Crippen LogP contribution in [0, 0.1) is 5.82 Å². The van der Waals surface area contributed by atoms with Crippen molar-refractivity contribution >= 4 is 50.7 Å². The number of anilines is 1. The fraction of sp³-hybridized carbons (Fsp3) is 0.391. The molecule has 0 unspecified atom stereocenters. The molecule has 7 nitrogen and oxygen atoms in total. The van der Waals surface area contributed by atoms with Crippen molar-refractivity contribution in [2.75, 3.05) is 17.1 Å². The molecule has 0 heterocycles. The molecule has 2 rings (SSSR count). The molecule has 186 valence electrons. The lowest BCUT2D eigenvalue weighted by Crippen LogP contribution is -2.54. The minimum atomic E-state index is -3.90. The third-order valence-electron chi connectivity index (χ3n) is 4.80. The Bertz CT molecular complexity index is 1150.